The van der Waals surface area contributed by atoms with Gasteiger partial charge in [-0.05, 0) is 76.4 Å². The van der Waals surface area contributed by atoms with Crippen LogP contribution in [0.25, 0.3) is 97.8 Å². The van der Waals surface area contributed by atoms with Gasteiger partial charge in [0.2, 0.25) is 5.95 Å². The van der Waals surface area contributed by atoms with Crippen LogP contribution in [-0.2, 0) is 0 Å². The zero-order valence-corrected chi connectivity index (χ0v) is 30.2. The summed E-state index contributed by atoms with van der Waals surface area (Å²) >= 11 is 1.89. The molecular formula is C50H33N3S. The molecule has 0 N–H and O–H groups in total. The van der Waals surface area contributed by atoms with Gasteiger partial charge in [0.05, 0.1) is 22.4 Å². The Balaban J connectivity index is 1.30. The number of hydrogen-bond acceptors (Lipinski definition) is 3. The Morgan fingerprint density at radius 2 is 1.13 bits per heavy atom. The minimum atomic E-state index is 0.686. The zero-order chi connectivity index (χ0) is 35.6. The van der Waals surface area contributed by atoms with Crippen LogP contribution in [0.4, 0.5) is 0 Å². The summed E-state index contributed by atoms with van der Waals surface area (Å²) in [4.78, 5) is 10.8. The topological polar surface area (TPSA) is 30.7 Å². The second-order valence-electron chi connectivity index (χ2n) is 14.0. The molecular weight excluding hydrogens is 675 g/mol. The van der Waals surface area contributed by atoms with Crippen LogP contribution in [0.15, 0.2) is 176 Å². The summed E-state index contributed by atoms with van der Waals surface area (Å²) in [5.41, 5.74) is 11.3. The lowest BCUT2D eigenvalue weighted by atomic mass is 9.97. The molecule has 3 aromatic heterocycles. The Kier molecular flexibility index (Phi) is 7.17. The molecule has 0 atom stereocenters. The summed E-state index contributed by atoms with van der Waals surface area (Å²) in [5, 5.41) is 7.47. The van der Waals surface area contributed by atoms with Crippen molar-refractivity contribution in [3.8, 4) is 39.5 Å². The molecule has 3 heterocycles. The highest BCUT2D eigenvalue weighted by atomic mass is 32.1. The molecule has 0 aliphatic heterocycles. The fourth-order valence-electron chi connectivity index (χ4n) is 8.32. The van der Waals surface area contributed by atoms with Crippen LogP contribution in [0.2, 0.25) is 0 Å². The Hall–Kier alpha value is -6.62. The third kappa shape index (κ3) is 4.95. The Bertz CT molecular complexity index is 3130. The quantitative estimate of drug-likeness (QED) is 0.178. The summed E-state index contributed by atoms with van der Waals surface area (Å²) in [7, 11) is 0. The number of thiophene rings is 1. The lowest BCUT2D eigenvalue weighted by molar-refractivity contribution is 0.967. The van der Waals surface area contributed by atoms with Crippen LogP contribution < -0.4 is 0 Å². The largest absolute Gasteiger partial charge is 0.277 e. The number of benzene rings is 7. The first-order chi connectivity index (χ1) is 26.8. The van der Waals surface area contributed by atoms with Gasteiger partial charge in [-0.3, -0.25) is 4.57 Å². The van der Waals surface area contributed by atoms with E-state index in [0.29, 0.717) is 5.95 Å². The van der Waals surface area contributed by atoms with Crippen molar-refractivity contribution in [2.24, 2.45) is 0 Å². The average Bonchev–Trinajstić information content (AvgIpc) is 3.81. The highest BCUT2D eigenvalue weighted by Crippen LogP contribution is 2.49. The smallest absolute Gasteiger partial charge is 0.235 e. The summed E-state index contributed by atoms with van der Waals surface area (Å²) in [6, 6.07) is 56.9. The molecule has 0 amide bonds. The van der Waals surface area contributed by atoms with Gasteiger partial charge in [-0.25, -0.2) is 9.97 Å². The SMILES string of the molecule is C1=CCCC(c2cc(-c3ccccc3)nc(-n3c4ccc(-c5ccccc5)cc4c4c5sc6ccc(-c7ccccc7)cc6c5c5ccccc5c43)n2)=C1. The standard InChI is InChI=1S/C50H33N3S/c1-5-15-32(16-6-1)36-25-27-44-40(29-36)47-48(53(44)50-51-42(34-19-9-3-10-20-34)31-43(52-50)35-21-11-4-12-22-35)39-24-14-13-23-38(39)46-41-30-37(33-17-7-2-8-18-33)26-28-45(41)54-49(46)47/h1-11,13-21,23-31H,12,22H2. The number of rotatable bonds is 5. The molecule has 0 fully saturated rings. The fourth-order valence-corrected chi connectivity index (χ4v) is 9.58. The molecule has 0 radical (unpaired) electrons. The maximum absolute atomic E-state index is 5.43. The van der Waals surface area contributed by atoms with E-state index in [0.717, 1.165) is 40.8 Å². The lowest BCUT2D eigenvalue weighted by Crippen LogP contribution is -2.06. The van der Waals surface area contributed by atoms with Crippen molar-refractivity contribution in [2.75, 3.05) is 0 Å². The summed E-state index contributed by atoms with van der Waals surface area (Å²) in [6.07, 6.45) is 8.55. The van der Waals surface area contributed by atoms with Crippen molar-refractivity contribution in [3.05, 3.63) is 182 Å². The van der Waals surface area contributed by atoms with E-state index in [4.69, 9.17) is 9.97 Å². The first-order valence-electron chi connectivity index (χ1n) is 18.6. The van der Waals surface area contributed by atoms with E-state index in [1.807, 2.05) is 11.3 Å². The molecule has 11 rings (SSSR count). The van der Waals surface area contributed by atoms with E-state index >= 15 is 0 Å². The van der Waals surface area contributed by atoms with Gasteiger partial charge in [0.1, 0.15) is 0 Å². The predicted octanol–water partition coefficient (Wildman–Crippen LogP) is 13.8. The van der Waals surface area contributed by atoms with Crippen molar-refractivity contribution >= 4 is 69.7 Å². The lowest BCUT2D eigenvalue weighted by Gasteiger charge is -2.15. The zero-order valence-electron chi connectivity index (χ0n) is 29.4. The molecule has 3 nitrogen and oxygen atoms in total. The van der Waals surface area contributed by atoms with E-state index in [1.54, 1.807) is 0 Å². The van der Waals surface area contributed by atoms with Gasteiger partial charge < -0.3 is 0 Å². The first kappa shape index (κ1) is 31.0. The molecule has 0 saturated carbocycles. The van der Waals surface area contributed by atoms with Crippen molar-refractivity contribution in [2.45, 2.75) is 12.8 Å². The van der Waals surface area contributed by atoms with E-state index in [9.17, 15) is 0 Å². The molecule has 0 bridgehead atoms. The van der Waals surface area contributed by atoms with Crippen molar-refractivity contribution in [1.82, 2.24) is 14.5 Å². The van der Waals surface area contributed by atoms with Gasteiger partial charge in [-0.2, -0.15) is 0 Å². The van der Waals surface area contributed by atoms with Crippen LogP contribution in [-0.4, -0.2) is 14.5 Å². The van der Waals surface area contributed by atoms with E-state index in [-0.39, 0.29) is 0 Å². The summed E-state index contributed by atoms with van der Waals surface area (Å²) in [6.45, 7) is 0. The molecule has 254 valence electrons. The Morgan fingerprint density at radius 3 is 1.83 bits per heavy atom. The number of fused-ring (bicyclic) bond motifs is 10. The van der Waals surface area contributed by atoms with Gasteiger partial charge >= 0.3 is 0 Å². The molecule has 0 saturated heterocycles. The van der Waals surface area contributed by atoms with E-state index in [1.165, 1.54) is 69.5 Å². The number of allylic oxidation sites excluding steroid dienone is 4. The molecule has 0 unspecified atom stereocenters. The third-order valence-electron chi connectivity index (χ3n) is 10.9. The number of aromatic nitrogens is 3. The fraction of sp³-hybridized carbons (Fsp3) is 0.0400. The maximum atomic E-state index is 5.43. The second kappa shape index (κ2) is 12.5. The van der Waals surface area contributed by atoms with Crippen LogP contribution in [0.1, 0.15) is 18.5 Å². The van der Waals surface area contributed by atoms with Gasteiger partial charge in [0.25, 0.3) is 0 Å². The van der Waals surface area contributed by atoms with Crippen molar-refractivity contribution < 1.29 is 0 Å². The Labute approximate surface area is 316 Å². The maximum Gasteiger partial charge on any atom is 0.235 e. The molecule has 54 heavy (non-hydrogen) atoms. The molecule has 0 spiro atoms. The minimum Gasteiger partial charge on any atom is -0.277 e. The van der Waals surface area contributed by atoms with E-state index < -0.39 is 0 Å². The first-order valence-corrected chi connectivity index (χ1v) is 19.4. The second-order valence-corrected chi connectivity index (χ2v) is 15.1. The van der Waals surface area contributed by atoms with Crippen LogP contribution in [0.3, 0.4) is 0 Å². The molecule has 1 aliphatic rings. The highest BCUT2D eigenvalue weighted by Gasteiger charge is 2.24. The van der Waals surface area contributed by atoms with Gasteiger partial charge in [-0.1, -0.05) is 146 Å². The van der Waals surface area contributed by atoms with Crippen molar-refractivity contribution in [1.29, 1.82) is 0 Å². The van der Waals surface area contributed by atoms with Crippen LogP contribution in [0.5, 0.6) is 0 Å². The highest BCUT2D eigenvalue weighted by molar-refractivity contribution is 7.27. The van der Waals surface area contributed by atoms with E-state index in [2.05, 4.69) is 181 Å². The van der Waals surface area contributed by atoms with Gasteiger partial charge in [0.15, 0.2) is 0 Å². The predicted molar refractivity (Wildman–Crippen MR) is 229 cm³/mol. The van der Waals surface area contributed by atoms with Crippen LogP contribution >= 0.6 is 11.3 Å². The minimum absolute atomic E-state index is 0.686. The molecule has 10 aromatic rings. The monoisotopic (exact) mass is 707 g/mol. The van der Waals surface area contributed by atoms with Gasteiger partial charge in [0, 0.05) is 41.9 Å². The number of nitrogens with zero attached hydrogens (tertiary/aromatic N) is 3. The normalized spacial score (nSPS) is 13.1. The summed E-state index contributed by atoms with van der Waals surface area (Å²) in [5.74, 6) is 0.686. The van der Waals surface area contributed by atoms with Gasteiger partial charge in [-0.15, -0.1) is 11.3 Å². The Morgan fingerprint density at radius 1 is 0.500 bits per heavy atom. The van der Waals surface area contributed by atoms with Crippen molar-refractivity contribution in [3.63, 3.8) is 0 Å². The van der Waals surface area contributed by atoms with Crippen LogP contribution in [0, 0.1) is 0 Å². The third-order valence-corrected chi connectivity index (χ3v) is 12.1. The summed E-state index contributed by atoms with van der Waals surface area (Å²) < 4.78 is 4.91. The molecule has 7 aromatic carbocycles. The average molecular weight is 708 g/mol. The molecule has 1 aliphatic carbocycles. The number of hydrogen-bond donors (Lipinski definition) is 0. The molecule has 4 heteroatoms.